The first-order chi connectivity index (χ1) is 13.6. The third kappa shape index (κ3) is 3.40. The third-order valence-electron chi connectivity index (χ3n) is 5.36. The first kappa shape index (κ1) is 18.3. The van der Waals surface area contributed by atoms with Crippen LogP contribution in [-0.2, 0) is 18.4 Å². The van der Waals surface area contributed by atoms with Gasteiger partial charge in [-0.2, -0.15) is 0 Å². The highest BCUT2D eigenvalue weighted by Gasteiger charge is 2.19. The molecule has 0 radical (unpaired) electrons. The number of hydrogen-bond donors (Lipinski definition) is 1. The zero-order valence-electron chi connectivity index (χ0n) is 16.1. The van der Waals surface area contributed by atoms with Crippen molar-refractivity contribution in [3.63, 3.8) is 0 Å². The molecular weight excluding hydrogens is 356 g/mol. The molecule has 2 aromatic heterocycles. The Hall–Kier alpha value is -3.09. The second-order valence-electron chi connectivity index (χ2n) is 7.31. The Morgan fingerprint density at radius 1 is 1.32 bits per heavy atom. The van der Waals surface area contributed by atoms with Crippen molar-refractivity contribution in [2.75, 3.05) is 7.11 Å². The highest BCUT2D eigenvalue weighted by molar-refractivity contribution is 5.92. The Bertz CT molecular complexity index is 1080. The Morgan fingerprint density at radius 3 is 2.86 bits per heavy atom. The number of rotatable bonds is 5. The molecule has 1 aromatic carbocycles. The summed E-state index contributed by atoms with van der Waals surface area (Å²) in [6.45, 7) is -0.0159. The molecule has 28 heavy (non-hydrogen) atoms. The Morgan fingerprint density at radius 2 is 2.11 bits per heavy atom. The Kier molecular flexibility index (Phi) is 4.90. The lowest BCUT2D eigenvalue weighted by Gasteiger charge is -2.12. The molecule has 1 saturated carbocycles. The largest absolute Gasteiger partial charge is 0.497 e. The number of amides is 1. The molecule has 7 heteroatoms. The van der Waals surface area contributed by atoms with Crippen LogP contribution in [0, 0.1) is 0 Å². The van der Waals surface area contributed by atoms with Crippen LogP contribution >= 0.6 is 0 Å². The number of aryl methyl sites for hydroxylation is 1. The summed E-state index contributed by atoms with van der Waals surface area (Å²) in [7, 11) is 3.44. The first-order valence-corrected chi connectivity index (χ1v) is 9.55. The summed E-state index contributed by atoms with van der Waals surface area (Å²) >= 11 is 0. The molecule has 146 valence electrons. The van der Waals surface area contributed by atoms with Crippen molar-refractivity contribution in [2.24, 2.45) is 7.05 Å². The van der Waals surface area contributed by atoms with Gasteiger partial charge in [0.05, 0.1) is 13.4 Å². The fourth-order valence-corrected chi connectivity index (χ4v) is 3.93. The molecule has 2 heterocycles. The second kappa shape index (κ2) is 7.50. The normalized spacial score (nSPS) is 14.5. The van der Waals surface area contributed by atoms with Crippen molar-refractivity contribution < 1.29 is 9.53 Å². The van der Waals surface area contributed by atoms with Crippen LogP contribution in [0.2, 0.25) is 0 Å². The van der Waals surface area contributed by atoms with E-state index in [2.05, 4.69) is 10.3 Å². The monoisotopic (exact) mass is 380 g/mol. The molecule has 7 nitrogen and oxygen atoms in total. The van der Waals surface area contributed by atoms with E-state index in [0.29, 0.717) is 11.0 Å². The molecule has 3 aromatic rings. The highest BCUT2D eigenvalue weighted by atomic mass is 16.5. The standard InChI is InChI=1S/C21H24N4O3/c1-24-11-17(14-6-5-9-16(10-14)28-2)19-20(24)21(27)25(13-22-19)12-18(26)23-15-7-3-4-8-15/h5-6,9-11,13,15H,3-4,7-8,12H2,1-2H3,(H,23,26). The van der Waals surface area contributed by atoms with Crippen LogP contribution in [0.15, 0.2) is 41.6 Å². The summed E-state index contributed by atoms with van der Waals surface area (Å²) in [5.41, 5.74) is 2.66. The van der Waals surface area contributed by atoms with Gasteiger partial charge in [0.2, 0.25) is 5.91 Å². The summed E-state index contributed by atoms with van der Waals surface area (Å²) in [5.74, 6) is 0.601. The number of carbonyl (C=O) groups is 1. The van der Waals surface area contributed by atoms with Gasteiger partial charge < -0.3 is 14.6 Å². The van der Waals surface area contributed by atoms with Gasteiger partial charge in [0, 0.05) is 24.8 Å². The smallest absolute Gasteiger partial charge is 0.278 e. The van der Waals surface area contributed by atoms with Crippen molar-refractivity contribution in [2.45, 2.75) is 38.3 Å². The van der Waals surface area contributed by atoms with E-state index in [4.69, 9.17) is 4.74 Å². The molecule has 1 fully saturated rings. The molecule has 1 aliphatic carbocycles. The van der Waals surface area contributed by atoms with E-state index in [1.807, 2.05) is 37.5 Å². The fraction of sp³-hybridized carbons (Fsp3) is 0.381. The van der Waals surface area contributed by atoms with Gasteiger partial charge in [0.25, 0.3) is 5.56 Å². The number of aromatic nitrogens is 3. The van der Waals surface area contributed by atoms with Crippen LogP contribution in [0.4, 0.5) is 0 Å². The van der Waals surface area contributed by atoms with E-state index >= 15 is 0 Å². The summed E-state index contributed by atoms with van der Waals surface area (Å²) in [6.07, 6.45) is 7.67. The van der Waals surface area contributed by atoms with Gasteiger partial charge in [-0.3, -0.25) is 14.2 Å². The molecule has 0 aliphatic heterocycles. The van der Waals surface area contributed by atoms with E-state index in [1.165, 1.54) is 10.9 Å². The zero-order chi connectivity index (χ0) is 19.7. The average molecular weight is 380 g/mol. The van der Waals surface area contributed by atoms with Crippen LogP contribution in [0.3, 0.4) is 0 Å². The van der Waals surface area contributed by atoms with Gasteiger partial charge in [0.15, 0.2) is 0 Å². The summed E-state index contributed by atoms with van der Waals surface area (Å²) in [4.78, 5) is 29.8. The minimum Gasteiger partial charge on any atom is -0.497 e. The number of nitrogens with zero attached hydrogens (tertiary/aromatic N) is 3. The van der Waals surface area contributed by atoms with Crippen molar-refractivity contribution >= 4 is 16.9 Å². The molecule has 0 spiro atoms. The number of hydrogen-bond acceptors (Lipinski definition) is 4. The Balaban J connectivity index is 1.67. The predicted octanol–water partition coefficient (Wildman–Crippen LogP) is 2.47. The first-order valence-electron chi connectivity index (χ1n) is 9.55. The van der Waals surface area contributed by atoms with E-state index in [1.54, 1.807) is 11.7 Å². The van der Waals surface area contributed by atoms with Gasteiger partial charge in [-0.25, -0.2) is 4.98 Å². The number of nitrogens with one attached hydrogen (secondary N) is 1. The average Bonchev–Trinajstić information content (AvgIpc) is 3.32. The molecule has 0 unspecified atom stereocenters. The molecule has 1 N–H and O–H groups in total. The number of methoxy groups -OCH3 is 1. The van der Waals surface area contributed by atoms with Gasteiger partial charge in [-0.05, 0) is 30.5 Å². The van der Waals surface area contributed by atoms with Crippen molar-refractivity contribution in [1.29, 1.82) is 0 Å². The highest BCUT2D eigenvalue weighted by Crippen LogP contribution is 2.29. The molecule has 0 atom stereocenters. The summed E-state index contributed by atoms with van der Waals surface area (Å²) in [6, 6.07) is 7.88. The van der Waals surface area contributed by atoms with Crippen LogP contribution in [0.25, 0.3) is 22.2 Å². The maximum absolute atomic E-state index is 13.0. The molecule has 0 bridgehead atoms. The van der Waals surface area contributed by atoms with Crippen LogP contribution in [-0.4, -0.2) is 33.2 Å². The minimum atomic E-state index is -0.219. The van der Waals surface area contributed by atoms with Crippen molar-refractivity contribution in [1.82, 2.24) is 19.4 Å². The lowest BCUT2D eigenvalue weighted by Crippen LogP contribution is -2.37. The summed E-state index contributed by atoms with van der Waals surface area (Å²) in [5, 5.41) is 3.01. The number of carbonyl (C=O) groups excluding carboxylic acids is 1. The van der Waals surface area contributed by atoms with Crippen LogP contribution in [0.5, 0.6) is 5.75 Å². The molecule has 1 aliphatic rings. The lowest BCUT2D eigenvalue weighted by molar-refractivity contribution is -0.122. The fourth-order valence-electron chi connectivity index (χ4n) is 3.93. The maximum Gasteiger partial charge on any atom is 0.278 e. The Labute approximate surface area is 163 Å². The van der Waals surface area contributed by atoms with Gasteiger partial charge in [0.1, 0.15) is 23.3 Å². The van der Waals surface area contributed by atoms with E-state index in [9.17, 15) is 9.59 Å². The summed E-state index contributed by atoms with van der Waals surface area (Å²) < 4.78 is 8.44. The van der Waals surface area contributed by atoms with Crippen molar-refractivity contribution in [3.8, 4) is 16.9 Å². The van der Waals surface area contributed by atoms with E-state index < -0.39 is 0 Å². The van der Waals surface area contributed by atoms with Gasteiger partial charge >= 0.3 is 0 Å². The molecule has 4 rings (SSSR count). The maximum atomic E-state index is 13.0. The lowest BCUT2D eigenvalue weighted by atomic mass is 10.1. The molecule has 1 amide bonds. The topological polar surface area (TPSA) is 78.1 Å². The quantitative estimate of drug-likeness (QED) is 0.738. The predicted molar refractivity (Wildman–Crippen MR) is 107 cm³/mol. The second-order valence-corrected chi connectivity index (χ2v) is 7.31. The third-order valence-corrected chi connectivity index (χ3v) is 5.36. The number of benzene rings is 1. The molecular formula is C21H24N4O3. The van der Waals surface area contributed by atoms with E-state index in [0.717, 1.165) is 42.6 Å². The van der Waals surface area contributed by atoms with Crippen LogP contribution < -0.4 is 15.6 Å². The minimum absolute atomic E-state index is 0.0159. The number of ether oxygens (including phenoxy) is 1. The zero-order valence-corrected chi connectivity index (χ0v) is 16.1. The molecule has 0 saturated heterocycles. The SMILES string of the molecule is COc1cccc(-c2cn(C)c3c(=O)n(CC(=O)NC4CCCC4)cnc23)c1. The van der Waals surface area contributed by atoms with Crippen molar-refractivity contribution in [3.05, 3.63) is 47.1 Å². The number of fused-ring (bicyclic) bond motifs is 1. The van der Waals surface area contributed by atoms with Crippen LogP contribution in [0.1, 0.15) is 25.7 Å². The van der Waals surface area contributed by atoms with E-state index in [-0.39, 0.29) is 24.1 Å². The van der Waals surface area contributed by atoms with Gasteiger partial charge in [-0.15, -0.1) is 0 Å². The van der Waals surface area contributed by atoms with Gasteiger partial charge in [-0.1, -0.05) is 25.0 Å².